The molecule has 3 rings (SSSR count). The third-order valence-corrected chi connectivity index (χ3v) is 6.71. The van der Waals surface area contributed by atoms with E-state index in [0.29, 0.717) is 45.3 Å². The fourth-order valence-electron chi connectivity index (χ4n) is 3.29. The molecule has 0 bridgehead atoms. The molecule has 1 aliphatic carbocycles. The lowest BCUT2D eigenvalue weighted by Gasteiger charge is -2.17. The van der Waals surface area contributed by atoms with Crippen LogP contribution in [0.25, 0.3) is 0 Å². The maximum Gasteiger partial charge on any atom is 0.226 e. The van der Waals surface area contributed by atoms with E-state index in [1.807, 2.05) is 0 Å². The molecule has 1 unspecified atom stereocenters. The standard InChI is InChI=1S/C21H21Cl2N3O2S2/c1-12-4-6-14-15(11-24)20(30-18(14)9-12)26-21(29)25-19(27)3-2-8-28-17-7-5-13(22)10-16(17)23/h5,7,10,12H,2-4,6,8-9H2,1H3,(H2,25,26,27,29). The lowest BCUT2D eigenvalue weighted by molar-refractivity contribution is -0.119. The summed E-state index contributed by atoms with van der Waals surface area (Å²) in [5.74, 6) is 0.928. The quantitative estimate of drug-likeness (QED) is 0.407. The van der Waals surface area contributed by atoms with Gasteiger partial charge in [0, 0.05) is 16.3 Å². The number of nitrogens with one attached hydrogen (secondary N) is 2. The van der Waals surface area contributed by atoms with Crippen molar-refractivity contribution < 1.29 is 9.53 Å². The van der Waals surface area contributed by atoms with Gasteiger partial charge in [0.1, 0.15) is 16.8 Å². The van der Waals surface area contributed by atoms with E-state index < -0.39 is 0 Å². The van der Waals surface area contributed by atoms with Crippen molar-refractivity contribution in [3.63, 3.8) is 0 Å². The number of rotatable bonds is 6. The number of amides is 1. The minimum absolute atomic E-state index is 0.199. The Morgan fingerprint density at radius 3 is 2.97 bits per heavy atom. The number of hydrogen-bond donors (Lipinski definition) is 2. The highest BCUT2D eigenvalue weighted by Crippen LogP contribution is 2.39. The number of benzene rings is 1. The molecule has 2 N–H and O–H groups in total. The van der Waals surface area contributed by atoms with Crippen LogP contribution in [0.5, 0.6) is 5.75 Å². The molecule has 0 saturated carbocycles. The summed E-state index contributed by atoms with van der Waals surface area (Å²) in [6.45, 7) is 2.56. The SMILES string of the molecule is CC1CCc2c(sc(NC(=S)NC(=O)CCCOc3ccc(Cl)cc3Cl)c2C#N)C1. The number of hydrogen-bond acceptors (Lipinski definition) is 5. The van der Waals surface area contributed by atoms with Gasteiger partial charge in [0.15, 0.2) is 5.11 Å². The summed E-state index contributed by atoms with van der Waals surface area (Å²) in [6.07, 6.45) is 3.72. The van der Waals surface area contributed by atoms with Crippen molar-refractivity contribution in [2.24, 2.45) is 5.92 Å². The van der Waals surface area contributed by atoms with Crippen LogP contribution in [0.15, 0.2) is 18.2 Å². The van der Waals surface area contributed by atoms with E-state index in [1.165, 1.54) is 4.88 Å². The molecule has 2 aromatic rings. The van der Waals surface area contributed by atoms with Gasteiger partial charge >= 0.3 is 0 Å². The number of halogens is 2. The molecule has 0 fully saturated rings. The van der Waals surface area contributed by atoms with Gasteiger partial charge in [-0.1, -0.05) is 30.1 Å². The van der Waals surface area contributed by atoms with Gasteiger partial charge in [0.05, 0.1) is 17.2 Å². The van der Waals surface area contributed by atoms with Crippen molar-refractivity contribution in [1.82, 2.24) is 5.32 Å². The summed E-state index contributed by atoms with van der Waals surface area (Å²) in [5, 5.41) is 17.1. The number of carbonyl (C=O) groups excluding carboxylic acids is 1. The van der Waals surface area contributed by atoms with Gasteiger partial charge in [0.25, 0.3) is 0 Å². The van der Waals surface area contributed by atoms with Gasteiger partial charge in [-0.15, -0.1) is 11.3 Å². The topological polar surface area (TPSA) is 74.2 Å². The van der Waals surface area contributed by atoms with Crippen LogP contribution in [-0.2, 0) is 17.6 Å². The summed E-state index contributed by atoms with van der Waals surface area (Å²) in [7, 11) is 0. The number of ether oxygens (including phenoxy) is 1. The molecule has 0 saturated heterocycles. The van der Waals surface area contributed by atoms with Crippen LogP contribution in [0.4, 0.5) is 5.00 Å². The van der Waals surface area contributed by atoms with Crippen LogP contribution in [0.3, 0.4) is 0 Å². The van der Waals surface area contributed by atoms with Crippen molar-refractivity contribution >= 4 is 62.8 Å². The summed E-state index contributed by atoms with van der Waals surface area (Å²) >= 11 is 18.7. The Morgan fingerprint density at radius 1 is 1.43 bits per heavy atom. The highest BCUT2D eigenvalue weighted by atomic mass is 35.5. The largest absolute Gasteiger partial charge is 0.492 e. The Balaban J connectivity index is 1.46. The predicted molar refractivity (Wildman–Crippen MR) is 126 cm³/mol. The molecule has 1 amide bonds. The minimum Gasteiger partial charge on any atom is -0.492 e. The van der Waals surface area contributed by atoms with Crippen LogP contribution in [0.1, 0.15) is 42.2 Å². The number of fused-ring (bicyclic) bond motifs is 1. The first-order chi connectivity index (χ1) is 14.4. The molecule has 0 radical (unpaired) electrons. The molecular formula is C21H21Cl2N3O2S2. The molecule has 30 heavy (non-hydrogen) atoms. The molecule has 0 spiro atoms. The normalized spacial score (nSPS) is 15.1. The molecule has 1 atom stereocenters. The molecule has 9 heteroatoms. The van der Waals surface area contributed by atoms with Crippen molar-refractivity contribution in [3.05, 3.63) is 44.2 Å². The third kappa shape index (κ3) is 5.86. The van der Waals surface area contributed by atoms with Crippen LogP contribution < -0.4 is 15.4 Å². The number of thiocarbonyl (C=S) groups is 1. The number of nitrogens with zero attached hydrogens (tertiary/aromatic N) is 1. The van der Waals surface area contributed by atoms with Gasteiger partial charge in [-0.3, -0.25) is 4.79 Å². The molecule has 1 aromatic carbocycles. The molecule has 5 nitrogen and oxygen atoms in total. The Labute approximate surface area is 195 Å². The second-order valence-corrected chi connectivity index (χ2v) is 9.55. The van der Waals surface area contributed by atoms with E-state index in [4.69, 9.17) is 40.2 Å². The van der Waals surface area contributed by atoms with E-state index in [2.05, 4.69) is 23.6 Å². The predicted octanol–water partition coefficient (Wildman–Crippen LogP) is 5.72. The van der Waals surface area contributed by atoms with E-state index in [9.17, 15) is 10.1 Å². The molecule has 1 aliphatic rings. The first-order valence-corrected chi connectivity index (χ1v) is 11.6. The van der Waals surface area contributed by atoms with Gasteiger partial charge in [-0.2, -0.15) is 5.26 Å². The van der Waals surface area contributed by atoms with Crippen LogP contribution >= 0.6 is 46.8 Å². The van der Waals surface area contributed by atoms with E-state index in [0.717, 1.165) is 24.8 Å². The second kappa shape index (κ2) is 10.5. The fraction of sp³-hybridized carbons (Fsp3) is 0.381. The maximum atomic E-state index is 12.2. The summed E-state index contributed by atoms with van der Waals surface area (Å²) in [6, 6.07) is 7.27. The number of anilines is 1. The van der Waals surface area contributed by atoms with Crippen molar-refractivity contribution in [2.75, 3.05) is 11.9 Å². The lowest BCUT2D eigenvalue weighted by atomic mass is 9.89. The monoisotopic (exact) mass is 481 g/mol. The van der Waals surface area contributed by atoms with Crippen LogP contribution in [-0.4, -0.2) is 17.6 Å². The second-order valence-electron chi connectivity index (χ2n) is 7.20. The average Bonchev–Trinajstić information content (AvgIpc) is 3.02. The van der Waals surface area contributed by atoms with Crippen LogP contribution in [0, 0.1) is 17.2 Å². The van der Waals surface area contributed by atoms with Gasteiger partial charge in [-0.05, 0) is 67.6 Å². The molecular weight excluding hydrogens is 461 g/mol. The summed E-state index contributed by atoms with van der Waals surface area (Å²) in [4.78, 5) is 13.4. The zero-order valence-electron chi connectivity index (χ0n) is 16.4. The van der Waals surface area contributed by atoms with Crippen molar-refractivity contribution in [2.45, 2.75) is 39.0 Å². The number of carbonyl (C=O) groups is 1. The highest BCUT2D eigenvalue weighted by Gasteiger charge is 2.24. The van der Waals surface area contributed by atoms with Gasteiger partial charge in [-0.25, -0.2) is 0 Å². The Bertz CT molecular complexity index is 1000. The molecule has 1 heterocycles. The smallest absolute Gasteiger partial charge is 0.226 e. The first-order valence-electron chi connectivity index (χ1n) is 9.60. The zero-order valence-corrected chi connectivity index (χ0v) is 19.5. The van der Waals surface area contributed by atoms with Gasteiger partial charge < -0.3 is 15.4 Å². The van der Waals surface area contributed by atoms with Gasteiger partial charge in [0.2, 0.25) is 5.91 Å². The maximum absolute atomic E-state index is 12.2. The highest BCUT2D eigenvalue weighted by molar-refractivity contribution is 7.80. The van der Waals surface area contributed by atoms with Crippen LogP contribution in [0.2, 0.25) is 10.0 Å². The Morgan fingerprint density at radius 2 is 2.23 bits per heavy atom. The first kappa shape index (κ1) is 22.8. The number of nitriles is 1. The minimum atomic E-state index is -0.216. The lowest BCUT2D eigenvalue weighted by Crippen LogP contribution is -2.34. The fourth-order valence-corrected chi connectivity index (χ4v) is 5.40. The van der Waals surface area contributed by atoms with E-state index in [1.54, 1.807) is 29.5 Å². The molecule has 1 aromatic heterocycles. The zero-order chi connectivity index (χ0) is 21.7. The van der Waals surface area contributed by atoms with E-state index in [-0.39, 0.29) is 17.4 Å². The van der Waals surface area contributed by atoms with Crippen molar-refractivity contribution in [3.8, 4) is 11.8 Å². The Hall–Kier alpha value is -1.85. The average molecular weight is 482 g/mol. The summed E-state index contributed by atoms with van der Waals surface area (Å²) < 4.78 is 5.57. The molecule has 158 valence electrons. The molecule has 0 aliphatic heterocycles. The van der Waals surface area contributed by atoms with Crippen molar-refractivity contribution in [1.29, 1.82) is 5.26 Å². The van der Waals surface area contributed by atoms with E-state index >= 15 is 0 Å². The summed E-state index contributed by atoms with van der Waals surface area (Å²) in [5.41, 5.74) is 1.77. The third-order valence-electron chi connectivity index (χ3n) is 4.80. The number of thiophene rings is 1. The Kier molecular flexibility index (Phi) is 7.95.